The van der Waals surface area contributed by atoms with Crippen LogP contribution in [0.5, 0.6) is 0 Å². The third-order valence-corrected chi connectivity index (χ3v) is 5.89. The molecular weight excluding hydrogens is 374 g/mol. The lowest BCUT2D eigenvalue weighted by atomic mass is 9.85. The third-order valence-electron chi connectivity index (χ3n) is 5.89. The van der Waals surface area contributed by atoms with Gasteiger partial charge in [-0.05, 0) is 37.0 Å². The van der Waals surface area contributed by atoms with Crippen LogP contribution in [0.15, 0.2) is 67.0 Å². The monoisotopic (exact) mass is 399 g/mol. The van der Waals surface area contributed by atoms with Gasteiger partial charge in [0.2, 0.25) is 0 Å². The first-order valence-electron chi connectivity index (χ1n) is 10.6. The average Bonchev–Trinajstić information content (AvgIpc) is 3.42. The number of nitrogens with zero attached hydrogens (tertiary/aromatic N) is 3. The van der Waals surface area contributed by atoms with Crippen LogP contribution in [-0.4, -0.2) is 31.7 Å². The van der Waals surface area contributed by atoms with Crippen molar-refractivity contribution in [3.8, 4) is 0 Å². The van der Waals surface area contributed by atoms with Gasteiger partial charge in [0, 0.05) is 18.2 Å². The van der Waals surface area contributed by atoms with E-state index in [0.717, 1.165) is 48.1 Å². The van der Waals surface area contributed by atoms with E-state index in [9.17, 15) is 4.79 Å². The molecule has 2 aromatic heterocycles. The summed E-state index contributed by atoms with van der Waals surface area (Å²) in [5, 5.41) is 7.57. The maximum atomic E-state index is 12.8. The van der Waals surface area contributed by atoms with Crippen LogP contribution < -0.4 is 5.32 Å². The molecule has 0 radical (unpaired) electrons. The number of carbonyl (C=O) groups is 1. The lowest BCUT2D eigenvalue weighted by Gasteiger charge is -2.28. The van der Waals surface area contributed by atoms with Gasteiger partial charge in [0.25, 0.3) is 5.91 Å². The summed E-state index contributed by atoms with van der Waals surface area (Å²) in [7, 11) is 0. The van der Waals surface area contributed by atoms with Gasteiger partial charge in [-0.3, -0.25) is 9.48 Å². The number of benzene rings is 2. The minimum atomic E-state index is -0.0513. The van der Waals surface area contributed by atoms with Crippen molar-refractivity contribution in [2.75, 3.05) is 0 Å². The highest BCUT2D eigenvalue weighted by Crippen LogP contribution is 2.32. The van der Waals surface area contributed by atoms with E-state index in [-0.39, 0.29) is 11.9 Å². The number of hydrogen-bond acceptors (Lipinski definition) is 3. The standard InChI is InChI=1S/C24H25N5O/c30-24(19-14-25-29(16-19)15-17-7-2-1-3-8-17)26-20-10-6-9-18(13-20)23-27-21-11-4-5-12-22(21)28-23/h1-5,7-8,11-12,14,16,18,20H,6,9-10,13,15H2,(H,26,30)(H,27,28). The lowest BCUT2D eigenvalue weighted by Crippen LogP contribution is -2.38. The Labute approximate surface area is 175 Å². The van der Waals surface area contributed by atoms with E-state index in [4.69, 9.17) is 4.98 Å². The molecule has 152 valence electrons. The fraction of sp³-hybridized carbons (Fsp3) is 0.292. The predicted octanol–water partition coefficient (Wildman–Crippen LogP) is 4.26. The first kappa shape index (κ1) is 18.6. The van der Waals surface area contributed by atoms with Crippen molar-refractivity contribution in [1.82, 2.24) is 25.1 Å². The van der Waals surface area contributed by atoms with E-state index in [0.29, 0.717) is 18.0 Å². The molecule has 6 nitrogen and oxygen atoms in total. The number of amides is 1. The summed E-state index contributed by atoms with van der Waals surface area (Å²) in [5.41, 5.74) is 3.85. The number of aromatic nitrogens is 4. The molecule has 0 aliphatic heterocycles. The highest BCUT2D eigenvalue weighted by molar-refractivity contribution is 5.93. The molecule has 2 heterocycles. The van der Waals surface area contributed by atoms with Gasteiger partial charge >= 0.3 is 0 Å². The molecule has 2 atom stereocenters. The normalized spacial score (nSPS) is 19.1. The summed E-state index contributed by atoms with van der Waals surface area (Å²) >= 11 is 0. The number of rotatable bonds is 5. The molecule has 30 heavy (non-hydrogen) atoms. The summed E-state index contributed by atoms with van der Waals surface area (Å²) in [6, 6.07) is 18.4. The van der Waals surface area contributed by atoms with Crippen molar-refractivity contribution in [3.05, 3.63) is 83.9 Å². The smallest absolute Gasteiger partial charge is 0.254 e. The van der Waals surface area contributed by atoms with Gasteiger partial charge in [0.1, 0.15) is 5.82 Å². The fourth-order valence-corrected chi connectivity index (χ4v) is 4.34. The van der Waals surface area contributed by atoms with Crippen LogP contribution in [0.2, 0.25) is 0 Å². The predicted molar refractivity (Wildman–Crippen MR) is 116 cm³/mol. The lowest BCUT2D eigenvalue weighted by molar-refractivity contribution is 0.0924. The number of carbonyl (C=O) groups excluding carboxylic acids is 1. The first-order chi connectivity index (χ1) is 14.7. The van der Waals surface area contributed by atoms with Gasteiger partial charge in [0.15, 0.2) is 0 Å². The molecule has 0 saturated heterocycles. The molecule has 2 aromatic carbocycles. The molecule has 6 heteroatoms. The average molecular weight is 399 g/mol. The van der Waals surface area contributed by atoms with Crippen molar-refractivity contribution in [2.24, 2.45) is 0 Å². The van der Waals surface area contributed by atoms with Gasteiger partial charge in [0.05, 0.1) is 29.3 Å². The molecule has 2 unspecified atom stereocenters. The number of imidazole rings is 1. The largest absolute Gasteiger partial charge is 0.349 e. The first-order valence-corrected chi connectivity index (χ1v) is 10.6. The molecule has 1 fully saturated rings. The number of fused-ring (bicyclic) bond motifs is 1. The Morgan fingerprint density at radius 3 is 2.80 bits per heavy atom. The van der Waals surface area contributed by atoms with Crippen molar-refractivity contribution in [3.63, 3.8) is 0 Å². The topological polar surface area (TPSA) is 75.6 Å². The molecule has 0 bridgehead atoms. The van der Waals surface area contributed by atoms with Crippen LogP contribution in [0, 0.1) is 0 Å². The molecule has 1 amide bonds. The summed E-state index contributed by atoms with van der Waals surface area (Å²) in [5.74, 6) is 1.33. The van der Waals surface area contributed by atoms with Crippen molar-refractivity contribution >= 4 is 16.9 Å². The van der Waals surface area contributed by atoms with Crippen LogP contribution in [0.1, 0.15) is 53.3 Å². The van der Waals surface area contributed by atoms with Crippen molar-refractivity contribution in [2.45, 2.75) is 44.2 Å². The SMILES string of the molecule is O=C(NC1CCCC(c2nc3ccccc3[nH]2)C1)c1cnn(Cc2ccccc2)c1. The summed E-state index contributed by atoms with van der Waals surface area (Å²) < 4.78 is 1.81. The number of nitrogens with one attached hydrogen (secondary N) is 2. The van der Waals surface area contributed by atoms with Gasteiger partial charge in [-0.15, -0.1) is 0 Å². The number of aromatic amines is 1. The van der Waals surface area contributed by atoms with Crippen LogP contribution in [0.4, 0.5) is 0 Å². The van der Waals surface area contributed by atoms with E-state index in [2.05, 4.69) is 33.6 Å². The molecule has 4 aromatic rings. The Bertz CT molecular complexity index is 1110. The van der Waals surface area contributed by atoms with E-state index in [1.807, 2.05) is 47.3 Å². The van der Waals surface area contributed by atoms with Crippen LogP contribution in [0.25, 0.3) is 11.0 Å². The van der Waals surface area contributed by atoms with Crippen LogP contribution >= 0.6 is 0 Å². The van der Waals surface area contributed by atoms with E-state index < -0.39 is 0 Å². The fourth-order valence-electron chi connectivity index (χ4n) is 4.34. The second-order valence-electron chi connectivity index (χ2n) is 8.09. The second-order valence-corrected chi connectivity index (χ2v) is 8.09. The maximum Gasteiger partial charge on any atom is 0.254 e. The summed E-state index contributed by atoms with van der Waals surface area (Å²) in [6.45, 7) is 0.658. The quantitative estimate of drug-likeness (QED) is 0.526. The van der Waals surface area contributed by atoms with Gasteiger partial charge in [-0.25, -0.2) is 4.98 Å². The zero-order valence-corrected chi connectivity index (χ0v) is 16.8. The number of H-pyrrole nitrogens is 1. The minimum absolute atomic E-state index is 0.0513. The highest BCUT2D eigenvalue weighted by atomic mass is 16.1. The zero-order chi connectivity index (χ0) is 20.3. The minimum Gasteiger partial charge on any atom is -0.349 e. The Morgan fingerprint density at radius 1 is 1.10 bits per heavy atom. The highest BCUT2D eigenvalue weighted by Gasteiger charge is 2.27. The Kier molecular flexibility index (Phi) is 5.05. The van der Waals surface area contributed by atoms with Crippen LogP contribution in [0.3, 0.4) is 0 Å². The van der Waals surface area contributed by atoms with Crippen LogP contribution in [-0.2, 0) is 6.54 Å². The molecule has 1 aliphatic rings. The van der Waals surface area contributed by atoms with Gasteiger partial charge in [-0.1, -0.05) is 48.9 Å². The number of para-hydroxylation sites is 2. The zero-order valence-electron chi connectivity index (χ0n) is 16.8. The maximum absolute atomic E-state index is 12.8. The van der Waals surface area contributed by atoms with E-state index >= 15 is 0 Å². The van der Waals surface area contributed by atoms with Crippen molar-refractivity contribution < 1.29 is 4.79 Å². The summed E-state index contributed by atoms with van der Waals surface area (Å²) in [4.78, 5) is 21.0. The Morgan fingerprint density at radius 2 is 1.93 bits per heavy atom. The third kappa shape index (κ3) is 3.99. The van der Waals surface area contributed by atoms with E-state index in [1.54, 1.807) is 6.20 Å². The molecule has 0 spiro atoms. The van der Waals surface area contributed by atoms with Gasteiger partial charge in [-0.2, -0.15) is 5.10 Å². The molecule has 2 N–H and O–H groups in total. The Hall–Kier alpha value is -3.41. The summed E-state index contributed by atoms with van der Waals surface area (Å²) in [6.07, 6.45) is 7.56. The molecule has 5 rings (SSSR count). The number of hydrogen-bond donors (Lipinski definition) is 2. The molecular formula is C24H25N5O. The van der Waals surface area contributed by atoms with Gasteiger partial charge < -0.3 is 10.3 Å². The van der Waals surface area contributed by atoms with Crippen molar-refractivity contribution in [1.29, 1.82) is 0 Å². The molecule has 1 aliphatic carbocycles. The second kappa shape index (κ2) is 8.14. The molecule has 1 saturated carbocycles. The van der Waals surface area contributed by atoms with E-state index in [1.165, 1.54) is 0 Å². The Balaban J connectivity index is 1.22.